The van der Waals surface area contributed by atoms with Crippen molar-refractivity contribution >= 4 is 21.4 Å². The molecule has 3 rings (SSSR count). The number of halogens is 1. The topological polar surface area (TPSA) is 48.0 Å². The Hall–Kier alpha value is -1.69. The standard InChI is InChI=1S/C11H10BrN5/c1-7-10(12)8(2)17(15-7)11-9-3-4-14-16(9)6-5-13-11/h3-6H,1-2H3. The van der Waals surface area contributed by atoms with E-state index >= 15 is 0 Å². The molecule has 0 saturated heterocycles. The number of nitrogens with zero attached hydrogens (tertiary/aromatic N) is 5. The summed E-state index contributed by atoms with van der Waals surface area (Å²) in [4.78, 5) is 4.38. The number of aromatic nitrogens is 5. The number of fused-ring (bicyclic) bond motifs is 1. The third kappa shape index (κ3) is 1.48. The monoisotopic (exact) mass is 291 g/mol. The second-order valence-electron chi connectivity index (χ2n) is 3.81. The minimum Gasteiger partial charge on any atom is -0.236 e. The van der Waals surface area contributed by atoms with Gasteiger partial charge in [0.05, 0.1) is 22.1 Å². The molecule has 0 spiro atoms. The van der Waals surface area contributed by atoms with E-state index in [1.807, 2.05) is 30.8 Å². The fourth-order valence-corrected chi connectivity index (χ4v) is 2.08. The van der Waals surface area contributed by atoms with Gasteiger partial charge in [-0.25, -0.2) is 14.2 Å². The van der Waals surface area contributed by atoms with Crippen molar-refractivity contribution in [3.05, 3.63) is 40.5 Å². The highest BCUT2D eigenvalue weighted by Crippen LogP contribution is 2.23. The molecule has 0 radical (unpaired) electrons. The quantitative estimate of drug-likeness (QED) is 0.691. The van der Waals surface area contributed by atoms with Gasteiger partial charge in [-0.15, -0.1) is 0 Å². The maximum atomic E-state index is 4.48. The summed E-state index contributed by atoms with van der Waals surface area (Å²) in [5.74, 6) is 0.788. The first kappa shape index (κ1) is 10.5. The third-order valence-electron chi connectivity index (χ3n) is 2.71. The van der Waals surface area contributed by atoms with Gasteiger partial charge in [-0.1, -0.05) is 0 Å². The van der Waals surface area contributed by atoms with Gasteiger partial charge in [-0.2, -0.15) is 10.2 Å². The van der Waals surface area contributed by atoms with Crippen LogP contribution in [-0.2, 0) is 0 Å². The second kappa shape index (κ2) is 3.66. The van der Waals surface area contributed by atoms with Crippen LogP contribution in [0.5, 0.6) is 0 Å². The zero-order valence-electron chi connectivity index (χ0n) is 9.42. The Morgan fingerprint density at radius 2 is 2.06 bits per heavy atom. The zero-order valence-corrected chi connectivity index (χ0v) is 11.0. The molecule has 0 fully saturated rings. The summed E-state index contributed by atoms with van der Waals surface area (Å²) in [5.41, 5.74) is 2.92. The molecule has 3 heterocycles. The van der Waals surface area contributed by atoms with E-state index in [2.05, 4.69) is 31.1 Å². The lowest BCUT2D eigenvalue weighted by Gasteiger charge is -2.04. The fraction of sp³-hybridized carbons (Fsp3) is 0.182. The molecule has 0 N–H and O–H groups in total. The Morgan fingerprint density at radius 3 is 2.76 bits per heavy atom. The van der Waals surface area contributed by atoms with Crippen LogP contribution >= 0.6 is 15.9 Å². The van der Waals surface area contributed by atoms with Crippen molar-refractivity contribution in [3.8, 4) is 5.82 Å². The normalized spacial score (nSPS) is 11.2. The average molecular weight is 292 g/mol. The molecule has 17 heavy (non-hydrogen) atoms. The molecular formula is C11H10BrN5. The van der Waals surface area contributed by atoms with Crippen LogP contribution in [0.1, 0.15) is 11.4 Å². The molecule has 0 atom stereocenters. The van der Waals surface area contributed by atoms with Crippen molar-refractivity contribution in [1.82, 2.24) is 24.4 Å². The summed E-state index contributed by atoms with van der Waals surface area (Å²) in [5, 5.41) is 8.66. The van der Waals surface area contributed by atoms with Gasteiger partial charge in [0.15, 0.2) is 5.82 Å². The SMILES string of the molecule is Cc1nn(-c2nccn3nccc23)c(C)c1Br. The van der Waals surface area contributed by atoms with Gasteiger partial charge >= 0.3 is 0 Å². The van der Waals surface area contributed by atoms with Crippen LogP contribution in [0.2, 0.25) is 0 Å². The van der Waals surface area contributed by atoms with Gasteiger partial charge < -0.3 is 0 Å². The Balaban J connectivity index is 2.34. The lowest BCUT2D eigenvalue weighted by atomic mass is 10.4. The van der Waals surface area contributed by atoms with Gasteiger partial charge in [0.1, 0.15) is 5.52 Å². The van der Waals surface area contributed by atoms with Crippen LogP contribution < -0.4 is 0 Å². The van der Waals surface area contributed by atoms with Crippen LogP contribution in [0, 0.1) is 13.8 Å². The fourth-order valence-electron chi connectivity index (χ4n) is 1.84. The van der Waals surface area contributed by atoms with Crippen LogP contribution in [0.15, 0.2) is 29.1 Å². The second-order valence-corrected chi connectivity index (χ2v) is 4.60. The van der Waals surface area contributed by atoms with Gasteiger partial charge in [0, 0.05) is 12.4 Å². The van der Waals surface area contributed by atoms with Gasteiger partial charge in [-0.05, 0) is 35.8 Å². The Kier molecular flexibility index (Phi) is 2.25. The molecule has 0 amide bonds. The summed E-state index contributed by atoms with van der Waals surface area (Å²) in [6, 6.07) is 1.92. The molecule has 0 unspecified atom stereocenters. The van der Waals surface area contributed by atoms with E-state index in [1.54, 1.807) is 16.9 Å². The highest BCUT2D eigenvalue weighted by Gasteiger charge is 2.13. The molecule has 0 aliphatic rings. The molecular weight excluding hydrogens is 282 g/mol. The van der Waals surface area contributed by atoms with E-state index in [9.17, 15) is 0 Å². The van der Waals surface area contributed by atoms with Gasteiger partial charge in [-0.3, -0.25) is 0 Å². The maximum Gasteiger partial charge on any atom is 0.179 e. The van der Waals surface area contributed by atoms with Crippen LogP contribution in [-0.4, -0.2) is 24.4 Å². The van der Waals surface area contributed by atoms with E-state index < -0.39 is 0 Å². The summed E-state index contributed by atoms with van der Waals surface area (Å²) in [7, 11) is 0. The number of aryl methyl sites for hydroxylation is 1. The lowest BCUT2D eigenvalue weighted by Crippen LogP contribution is -2.04. The lowest BCUT2D eigenvalue weighted by molar-refractivity contribution is 0.798. The molecule has 0 aromatic carbocycles. The van der Waals surface area contributed by atoms with E-state index in [1.165, 1.54) is 0 Å². The van der Waals surface area contributed by atoms with Crippen molar-refractivity contribution in [3.63, 3.8) is 0 Å². The molecule has 0 aliphatic heterocycles. The Bertz CT molecular complexity index is 697. The van der Waals surface area contributed by atoms with Crippen LogP contribution in [0.4, 0.5) is 0 Å². The molecule has 3 aromatic rings. The first-order valence-corrected chi connectivity index (χ1v) is 5.98. The van der Waals surface area contributed by atoms with E-state index in [0.717, 1.165) is 27.2 Å². The summed E-state index contributed by atoms with van der Waals surface area (Å²) in [6.45, 7) is 3.97. The van der Waals surface area contributed by atoms with Crippen molar-refractivity contribution in [1.29, 1.82) is 0 Å². The van der Waals surface area contributed by atoms with Crippen molar-refractivity contribution in [2.75, 3.05) is 0 Å². The molecule has 6 heteroatoms. The molecule has 0 bridgehead atoms. The first-order valence-electron chi connectivity index (χ1n) is 5.19. The van der Waals surface area contributed by atoms with Gasteiger partial charge in [0.25, 0.3) is 0 Å². The summed E-state index contributed by atoms with van der Waals surface area (Å²) < 4.78 is 4.63. The average Bonchev–Trinajstić information content (AvgIpc) is 2.89. The number of rotatable bonds is 1. The minimum atomic E-state index is 0.788. The Morgan fingerprint density at radius 1 is 1.24 bits per heavy atom. The predicted molar refractivity (Wildman–Crippen MR) is 67.3 cm³/mol. The highest BCUT2D eigenvalue weighted by atomic mass is 79.9. The van der Waals surface area contributed by atoms with Crippen molar-refractivity contribution in [2.45, 2.75) is 13.8 Å². The smallest absolute Gasteiger partial charge is 0.179 e. The van der Waals surface area contributed by atoms with Crippen LogP contribution in [0.25, 0.3) is 11.3 Å². The van der Waals surface area contributed by atoms with E-state index in [0.29, 0.717) is 0 Å². The van der Waals surface area contributed by atoms with Crippen molar-refractivity contribution in [2.24, 2.45) is 0 Å². The predicted octanol–water partition coefficient (Wildman–Crippen LogP) is 2.29. The van der Waals surface area contributed by atoms with Crippen LogP contribution in [0.3, 0.4) is 0 Å². The molecule has 3 aromatic heterocycles. The third-order valence-corrected chi connectivity index (χ3v) is 3.86. The maximum absolute atomic E-state index is 4.48. The highest BCUT2D eigenvalue weighted by molar-refractivity contribution is 9.10. The van der Waals surface area contributed by atoms with Crippen molar-refractivity contribution < 1.29 is 0 Å². The van der Waals surface area contributed by atoms with E-state index in [-0.39, 0.29) is 0 Å². The van der Waals surface area contributed by atoms with E-state index in [4.69, 9.17) is 0 Å². The largest absolute Gasteiger partial charge is 0.236 e. The zero-order chi connectivity index (χ0) is 12.0. The first-order chi connectivity index (χ1) is 8.18. The number of hydrogen-bond acceptors (Lipinski definition) is 3. The summed E-state index contributed by atoms with van der Waals surface area (Å²) in [6.07, 6.45) is 5.29. The molecule has 0 saturated carbocycles. The summed E-state index contributed by atoms with van der Waals surface area (Å²) >= 11 is 3.52. The molecule has 0 aliphatic carbocycles. The molecule has 5 nitrogen and oxygen atoms in total. The van der Waals surface area contributed by atoms with Gasteiger partial charge in [0.2, 0.25) is 0 Å². The Labute approximate surface area is 106 Å². The minimum absolute atomic E-state index is 0.788. The number of hydrogen-bond donors (Lipinski definition) is 0. The molecule has 86 valence electrons.